The van der Waals surface area contributed by atoms with Crippen molar-refractivity contribution in [3.05, 3.63) is 22.7 Å². The van der Waals surface area contributed by atoms with E-state index in [2.05, 4.69) is 20.7 Å². The van der Waals surface area contributed by atoms with E-state index in [1.165, 1.54) is 13.0 Å². The molecule has 1 unspecified atom stereocenters. The van der Waals surface area contributed by atoms with Gasteiger partial charge in [0.1, 0.15) is 0 Å². The second-order valence-electron chi connectivity index (χ2n) is 3.16. The molecule has 0 aliphatic carbocycles. The van der Waals surface area contributed by atoms with Crippen molar-refractivity contribution in [2.45, 2.75) is 12.2 Å². The van der Waals surface area contributed by atoms with Gasteiger partial charge in [-0.1, -0.05) is 0 Å². The van der Waals surface area contributed by atoms with Gasteiger partial charge >= 0.3 is 0 Å². The van der Waals surface area contributed by atoms with Crippen LogP contribution in [0.3, 0.4) is 0 Å². The Labute approximate surface area is 102 Å². The van der Waals surface area contributed by atoms with Crippen LogP contribution in [0, 0.1) is 11.3 Å². The van der Waals surface area contributed by atoms with Crippen LogP contribution >= 0.6 is 15.9 Å². The lowest BCUT2D eigenvalue weighted by molar-refractivity contribution is 0.597. The summed E-state index contributed by atoms with van der Waals surface area (Å²) in [5.74, 6) is 0. The fourth-order valence-electron chi connectivity index (χ4n) is 0.932. The highest BCUT2D eigenvalue weighted by molar-refractivity contribution is 9.10. The van der Waals surface area contributed by atoms with E-state index in [4.69, 9.17) is 11.0 Å². The topological polar surface area (TPSA) is 96.0 Å². The molecule has 7 heteroatoms. The van der Waals surface area contributed by atoms with E-state index in [9.17, 15) is 8.42 Å². The lowest BCUT2D eigenvalue weighted by atomic mass is 10.3. The van der Waals surface area contributed by atoms with Gasteiger partial charge in [0.25, 0.3) is 0 Å². The van der Waals surface area contributed by atoms with Gasteiger partial charge in [0.2, 0.25) is 10.0 Å². The maximum atomic E-state index is 11.6. The third-order valence-corrected chi connectivity index (χ3v) is 4.12. The molecule has 0 spiro atoms. The third-order valence-electron chi connectivity index (χ3n) is 1.89. The van der Waals surface area contributed by atoms with Crippen molar-refractivity contribution < 1.29 is 8.42 Å². The largest absolute Gasteiger partial charge is 0.399 e. The first-order chi connectivity index (χ1) is 7.36. The number of nitrogens with one attached hydrogen (secondary N) is 1. The van der Waals surface area contributed by atoms with Crippen LogP contribution in [0.15, 0.2) is 22.7 Å². The monoisotopic (exact) mass is 303 g/mol. The molecule has 3 N–H and O–H groups in total. The van der Waals surface area contributed by atoms with Gasteiger partial charge in [-0.05, 0) is 41.1 Å². The van der Waals surface area contributed by atoms with Crippen molar-refractivity contribution in [3.63, 3.8) is 0 Å². The molecule has 16 heavy (non-hydrogen) atoms. The highest BCUT2D eigenvalue weighted by Gasteiger charge is 2.20. The Morgan fingerprint density at radius 2 is 2.19 bits per heavy atom. The Kier molecular flexibility index (Phi) is 3.78. The van der Waals surface area contributed by atoms with Crippen LogP contribution in [0.25, 0.3) is 0 Å². The number of nitrogens with two attached hydrogens (primary N) is 1. The summed E-state index contributed by atoms with van der Waals surface area (Å²) in [5, 5.41) is 7.44. The zero-order chi connectivity index (χ0) is 12.3. The third kappa shape index (κ3) is 2.87. The van der Waals surface area contributed by atoms with Gasteiger partial charge in [-0.2, -0.15) is 5.26 Å². The summed E-state index contributed by atoms with van der Waals surface area (Å²) in [6, 6.07) is 6.40. The second-order valence-corrected chi connectivity index (χ2v) is 6.01. The number of sulfonamides is 1. The number of nitriles is 1. The lowest BCUT2D eigenvalue weighted by Crippen LogP contribution is -2.24. The molecule has 1 aromatic rings. The number of benzene rings is 1. The summed E-state index contributed by atoms with van der Waals surface area (Å²) < 4.78 is 26.1. The lowest BCUT2D eigenvalue weighted by Gasteiger charge is -2.11. The van der Waals surface area contributed by atoms with Gasteiger partial charge in [-0.15, -0.1) is 0 Å². The molecule has 0 bridgehead atoms. The first kappa shape index (κ1) is 12.8. The van der Waals surface area contributed by atoms with E-state index in [0.717, 1.165) is 0 Å². The van der Waals surface area contributed by atoms with Gasteiger partial charge in [-0.3, -0.25) is 4.72 Å². The molecule has 0 aromatic heterocycles. The Morgan fingerprint density at radius 3 is 2.75 bits per heavy atom. The molecule has 1 atom stereocenters. The minimum atomic E-state index is -3.70. The number of anilines is 2. The first-order valence-corrected chi connectivity index (χ1v) is 6.67. The van der Waals surface area contributed by atoms with Crippen LogP contribution in [-0.2, 0) is 10.0 Å². The minimum Gasteiger partial charge on any atom is -0.399 e. The zero-order valence-corrected chi connectivity index (χ0v) is 10.8. The van der Waals surface area contributed by atoms with E-state index < -0.39 is 15.3 Å². The summed E-state index contributed by atoms with van der Waals surface area (Å²) in [6.07, 6.45) is 0. The van der Waals surface area contributed by atoms with E-state index in [-0.39, 0.29) is 0 Å². The summed E-state index contributed by atoms with van der Waals surface area (Å²) >= 11 is 3.19. The van der Waals surface area contributed by atoms with Crippen LogP contribution in [0.1, 0.15) is 6.92 Å². The second kappa shape index (κ2) is 4.72. The van der Waals surface area contributed by atoms with Crippen LogP contribution in [0.4, 0.5) is 11.4 Å². The highest BCUT2D eigenvalue weighted by atomic mass is 79.9. The Hall–Kier alpha value is -1.26. The molecule has 0 aliphatic heterocycles. The van der Waals surface area contributed by atoms with Crippen molar-refractivity contribution >= 4 is 37.3 Å². The standard InChI is InChI=1S/C9H10BrN3O2S/c1-6(5-11)16(14,15)13-9-4-7(12)2-3-8(9)10/h2-4,6,13H,12H2,1H3. The quantitative estimate of drug-likeness (QED) is 0.830. The Bertz CT molecular complexity index is 536. The molecule has 0 fully saturated rings. The van der Waals surface area contributed by atoms with Gasteiger partial charge in [0.05, 0.1) is 11.8 Å². The van der Waals surface area contributed by atoms with Gasteiger partial charge in [-0.25, -0.2) is 8.42 Å². The molecule has 0 heterocycles. The fourth-order valence-corrected chi connectivity index (χ4v) is 2.20. The number of hydrogen-bond acceptors (Lipinski definition) is 4. The SMILES string of the molecule is CC(C#N)S(=O)(=O)Nc1cc(N)ccc1Br. The minimum absolute atomic E-state index is 0.321. The van der Waals surface area contributed by atoms with E-state index in [0.29, 0.717) is 15.8 Å². The molecule has 0 amide bonds. The molecule has 1 aromatic carbocycles. The molecule has 0 aliphatic rings. The summed E-state index contributed by atoms with van der Waals surface area (Å²) in [4.78, 5) is 0. The summed E-state index contributed by atoms with van der Waals surface area (Å²) in [5.41, 5.74) is 6.29. The zero-order valence-electron chi connectivity index (χ0n) is 8.44. The van der Waals surface area contributed by atoms with E-state index in [1.807, 2.05) is 0 Å². The number of rotatable bonds is 3. The Balaban J connectivity index is 3.07. The van der Waals surface area contributed by atoms with Crippen molar-refractivity contribution in [3.8, 4) is 6.07 Å². The van der Waals surface area contributed by atoms with Crippen molar-refractivity contribution in [2.24, 2.45) is 0 Å². The summed E-state index contributed by atoms with van der Waals surface area (Å²) in [7, 11) is -3.70. The van der Waals surface area contributed by atoms with E-state index >= 15 is 0 Å². The van der Waals surface area contributed by atoms with Crippen molar-refractivity contribution in [2.75, 3.05) is 10.5 Å². The normalized spacial score (nSPS) is 12.8. The number of hydrogen-bond donors (Lipinski definition) is 2. The van der Waals surface area contributed by atoms with Crippen LogP contribution in [-0.4, -0.2) is 13.7 Å². The molecule has 1 rings (SSSR count). The molecular formula is C9H10BrN3O2S. The van der Waals surface area contributed by atoms with Gasteiger partial charge in [0, 0.05) is 10.2 Å². The van der Waals surface area contributed by atoms with E-state index in [1.54, 1.807) is 18.2 Å². The van der Waals surface area contributed by atoms with Crippen LogP contribution in [0.5, 0.6) is 0 Å². The average Bonchev–Trinajstić information content (AvgIpc) is 2.22. The molecular weight excluding hydrogens is 294 g/mol. The molecule has 0 saturated carbocycles. The molecule has 86 valence electrons. The number of halogens is 1. The van der Waals surface area contributed by atoms with Crippen LogP contribution in [0.2, 0.25) is 0 Å². The number of nitrogen functional groups attached to an aromatic ring is 1. The summed E-state index contributed by atoms with van der Waals surface area (Å²) in [6.45, 7) is 1.31. The van der Waals surface area contributed by atoms with Gasteiger partial charge < -0.3 is 5.73 Å². The molecule has 5 nitrogen and oxygen atoms in total. The average molecular weight is 304 g/mol. The van der Waals surface area contributed by atoms with Crippen molar-refractivity contribution in [1.82, 2.24) is 0 Å². The Morgan fingerprint density at radius 1 is 1.56 bits per heavy atom. The smallest absolute Gasteiger partial charge is 0.248 e. The maximum absolute atomic E-state index is 11.6. The fraction of sp³-hybridized carbons (Fsp3) is 0.222. The maximum Gasteiger partial charge on any atom is 0.248 e. The number of nitrogens with zero attached hydrogens (tertiary/aromatic N) is 1. The molecule has 0 radical (unpaired) electrons. The predicted molar refractivity (Wildman–Crippen MR) is 66.2 cm³/mol. The highest BCUT2D eigenvalue weighted by Crippen LogP contribution is 2.26. The van der Waals surface area contributed by atoms with Crippen molar-refractivity contribution in [1.29, 1.82) is 5.26 Å². The van der Waals surface area contributed by atoms with Gasteiger partial charge in [0.15, 0.2) is 5.25 Å². The van der Waals surface area contributed by atoms with Crippen LogP contribution < -0.4 is 10.5 Å². The first-order valence-electron chi connectivity index (χ1n) is 4.33. The predicted octanol–water partition coefficient (Wildman–Crippen LogP) is 1.69. The molecule has 0 saturated heterocycles.